The molecule has 0 radical (unpaired) electrons. The molecule has 1 unspecified atom stereocenters. The molecule has 0 aliphatic heterocycles. The van der Waals surface area contributed by atoms with Crippen LogP contribution in [0.4, 0.5) is 0 Å². The highest BCUT2D eigenvalue weighted by molar-refractivity contribution is 7.09. The van der Waals surface area contributed by atoms with Gasteiger partial charge in [-0.05, 0) is 44.2 Å². The summed E-state index contributed by atoms with van der Waals surface area (Å²) in [6.07, 6.45) is 1.88. The molecule has 4 aromatic rings. The molecule has 0 aliphatic rings. The fourth-order valence-electron chi connectivity index (χ4n) is 2.86. The average molecular weight is 393 g/mol. The predicted molar refractivity (Wildman–Crippen MR) is 106 cm³/mol. The molecule has 0 spiro atoms. The highest BCUT2D eigenvalue weighted by atomic mass is 32.1. The van der Waals surface area contributed by atoms with E-state index in [0.717, 1.165) is 16.3 Å². The number of thiazole rings is 1. The van der Waals surface area contributed by atoms with E-state index in [0.29, 0.717) is 23.7 Å². The monoisotopic (exact) mass is 393 g/mol. The average Bonchev–Trinajstić information content (AvgIpc) is 3.32. The molecule has 0 saturated heterocycles. The van der Waals surface area contributed by atoms with Gasteiger partial charge in [0, 0.05) is 17.1 Å². The van der Waals surface area contributed by atoms with Crippen LogP contribution >= 0.6 is 11.3 Å². The number of fused-ring (bicyclic) bond motifs is 1. The van der Waals surface area contributed by atoms with E-state index in [9.17, 15) is 4.79 Å². The second kappa shape index (κ2) is 7.77. The third-order valence-electron chi connectivity index (χ3n) is 4.22. The Morgan fingerprint density at radius 2 is 2.14 bits per heavy atom. The van der Waals surface area contributed by atoms with Crippen molar-refractivity contribution in [1.82, 2.24) is 24.9 Å². The smallest absolute Gasteiger partial charge is 0.251 e. The quantitative estimate of drug-likeness (QED) is 0.542. The Labute approximate surface area is 166 Å². The van der Waals surface area contributed by atoms with Gasteiger partial charge in [-0.25, -0.2) is 4.98 Å². The number of carbonyl (C=O) groups excluding carboxylic acids is 1. The van der Waals surface area contributed by atoms with E-state index >= 15 is 0 Å². The zero-order chi connectivity index (χ0) is 19.5. The molecule has 1 N–H and O–H groups in total. The molecule has 142 valence electrons. The fourth-order valence-corrected chi connectivity index (χ4v) is 3.46. The Balaban J connectivity index is 1.44. The lowest BCUT2D eigenvalue weighted by Gasteiger charge is -2.13. The molecule has 8 heteroatoms. The number of nitrogens with one attached hydrogen (secondary N) is 1. The van der Waals surface area contributed by atoms with Crippen LogP contribution in [0.2, 0.25) is 0 Å². The lowest BCUT2D eigenvalue weighted by atomic mass is 10.2. The maximum Gasteiger partial charge on any atom is 0.251 e. The van der Waals surface area contributed by atoms with E-state index in [1.54, 1.807) is 29.5 Å². The summed E-state index contributed by atoms with van der Waals surface area (Å²) >= 11 is 1.59. The van der Waals surface area contributed by atoms with E-state index in [4.69, 9.17) is 4.74 Å². The second-order valence-electron chi connectivity index (χ2n) is 6.36. The summed E-state index contributed by atoms with van der Waals surface area (Å²) in [4.78, 5) is 17.1. The first-order chi connectivity index (χ1) is 13.6. The van der Waals surface area contributed by atoms with Crippen molar-refractivity contribution in [1.29, 1.82) is 0 Å². The molecule has 28 heavy (non-hydrogen) atoms. The van der Waals surface area contributed by atoms with Crippen molar-refractivity contribution in [3.63, 3.8) is 0 Å². The number of carbonyl (C=O) groups is 1. The summed E-state index contributed by atoms with van der Waals surface area (Å²) in [7, 11) is 0. The van der Waals surface area contributed by atoms with Crippen molar-refractivity contribution in [2.24, 2.45) is 0 Å². The van der Waals surface area contributed by atoms with Gasteiger partial charge in [0.25, 0.3) is 5.91 Å². The standard InChI is InChI=1S/C20H19N5O2S/c1-13(19-24-23-18-8-3-4-9-25(18)19)21-20(26)15-6-5-7-17(10-15)27-11-16-12-28-14(2)22-16/h3-10,12-13H,11H2,1-2H3,(H,21,26). The molecule has 0 saturated carbocycles. The summed E-state index contributed by atoms with van der Waals surface area (Å²) in [5.74, 6) is 1.10. The van der Waals surface area contributed by atoms with Crippen molar-refractivity contribution >= 4 is 22.9 Å². The van der Waals surface area contributed by atoms with Gasteiger partial charge in [0.2, 0.25) is 0 Å². The molecular formula is C20H19N5O2S. The lowest BCUT2D eigenvalue weighted by Crippen LogP contribution is -2.28. The van der Waals surface area contributed by atoms with E-state index < -0.39 is 0 Å². The van der Waals surface area contributed by atoms with Gasteiger partial charge in [-0.3, -0.25) is 9.20 Å². The van der Waals surface area contributed by atoms with Crippen molar-refractivity contribution in [3.05, 3.63) is 76.1 Å². The second-order valence-corrected chi connectivity index (χ2v) is 7.42. The first-order valence-electron chi connectivity index (χ1n) is 8.84. The van der Waals surface area contributed by atoms with E-state index in [-0.39, 0.29) is 11.9 Å². The maximum absolute atomic E-state index is 12.7. The van der Waals surface area contributed by atoms with Crippen molar-refractivity contribution in [2.45, 2.75) is 26.5 Å². The van der Waals surface area contributed by atoms with E-state index in [1.165, 1.54) is 0 Å². The third kappa shape index (κ3) is 3.86. The molecule has 1 atom stereocenters. The molecule has 1 amide bonds. The first kappa shape index (κ1) is 18.1. The molecule has 0 fully saturated rings. The van der Waals surface area contributed by atoms with Crippen LogP contribution in [0.5, 0.6) is 5.75 Å². The number of aryl methyl sites for hydroxylation is 1. The number of hydrogen-bond acceptors (Lipinski definition) is 6. The number of hydrogen-bond donors (Lipinski definition) is 1. The number of benzene rings is 1. The van der Waals surface area contributed by atoms with Crippen molar-refractivity contribution in [2.75, 3.05) is 0 Å². The van der Waals surface area contributed by atoms with Gasteiger partial charge in [-0.1, -0.05) is 12.1 Å². The molecule has 4 rings (SSSR count). The zero-order valence-corrected chi connectivity index (χ0v) is 16.3. The SMILES string of the molecule is Cc1nc(COc2cccc(C(=O)NC(C)c3nnc4ccccn34)c2)cs1. The summed E-state index contributed by atoms with van der Waals surface area (Å²) in [6, 6.07) is 12.5. The number of aromatic nitrogens is 4. The largest absolute Gasteiger partial charge is 0.487 e. The molecule has 3 heterocycles. The number of pyridine rings is 1. The Kier molecular flexibility index (Phi) is 5.03. The van der Waals surface area contributed by atoms with Crippen LogP contribution in [-0.4, -0.2) is 25.5 Å². The van der Waals surface area contributed by atoms with Gasteiger partial charge >= 0.3 is 0 Å². The summed E-state index contributed by atoms with van der Waals surface area (Å²) in [5, 5.41) is 14.3. The van der Waals surface area contributed by atoms with Crippen LogP contribution < -0.4 is 10.1 Å². The maximum atomic E-state index is 12.7. The summed E-state index contributed by atoms with van der Waals surface area (Å²) in [5.41, 5.74) is 2.14. The summed E-state index contributed by atoms with van der Waals surface area (Å²) < 4.78 is 7.63. The van der Waals surface area contributed by atoms with E-state index in [2.05, 4.69) is 20.5 Å². The minimum atomic E-state index is -0.299. The van der Waals surface area contributed by atoms with Crippen molar-refractivity contribution < 1.29 is 9.53 Å². The molecule has 0 aliphatic carbocycles. The molecule has 0 bridgehead atoms. The lowest BCUT2D eigenvalue weighted by molar-refractivity contribution is 0.0937. The van der Waals surface area contributed by atoms with E-state index in [1.807, 2.05) is 54.1 Å². The molecular weight excluding hydrogens is 374 g/mol. The highest BCUT2D eigenvalue weighted by Gasteiger charge is 2.17. The summed E-state index contributed by atoms with van der Waals surface area (Å²) in [6.45, 7) is 4.21. The zero-order valence-electron chi connectivity index (χ0n) is 15.5. The normalized spacial score (nSPS) is 12.1. The van der Waals surface area contributed by atoms with Crippen LogP contribution in [0.15, 0.2) is 54.0 Å². The number of nitrogens with zero attached hydrogens (tertiary/aromatic N) is 4. The minimum Gasteiger partial charge on any atom is -0.487 e. The van der Waals surface area contributed by atoms with Gasteiger partial charge in [0.1, 0.15) is 12.4 Å². The van der Waals surface area contributed by atoms with Gasteiger partial charge in [0.05, 0.1) is 16.7 Å². The Bertz CT molecular complexity index is 1120. The Hall–Kier alpha value is -3.26. The van der Waals surface area contributed by atoms with Gasteiger partial charge in [-0.15, -0.1) is 21.5 Å². The van der Waals surface area contributed by atoms with Gasteiger partial charge < -0.3 is 10.1 Å². The molecule has 3 aromatic heterocycles. The highest BCUT2D eigenvalue weighted by Crippen LogP contribution is 2.18. The minimum absolute atomic E-state index is 0.199. The first-order valence-corrected chi connectivity index (χ1v) is 9.72. The molecule has 1 aromatic carbocycles. The van der Waals surface area contributed by atoms with Crippen LogP contribution in [0.1, 0.15) is 39.8 Å². The topological polar surface area (TPSA) is 81.4 Å². The number of ether oxygens (including phenoxy) is 1. The third-order valence-corrected chi connectivity index (χ3v) is 5.05. The fraction of sp³-hybridized carbons (Fsp3) is 0.200. The number of amides is 1. The van der Waals surface area contributed by atoms with Gasteiger partial charge in [-0.2, -0.15) is 0 Å². The van der Waals surface area contributed by atoms with Crippen LogP contribution in [0.25, 0.3) is 5.65 Å². The number of rotatable bonds is 6. The van der Waals surface area contributed by atoms with Crippen LogP contribution in [-0.2, 0) is 6.61 Å². The molecule has 7 nitrogen and oxygen atoms in total. The van der Waals surface area contributed by atoms with Crippen LogP contribution in [0, 0.1) is 6.92 Å². The van der Waals surface area contributed by atoms with Crippen LogP contribution in [0.3, 0.4) is 0 Å². The van der Waals surface area contributed by atoms with Gasteiger partial charge in [0.15, 0.2) is 11.5 Å². The predicted octanol–water partition coefficient (Wildman–Crippen LogP) is 3.56. The van der Waals surface area contributed by atoms with Crippen molar-refractivity contribution in [3.8, 4) is 5.75 Å². The Morgan fingerprint density at radius 1 is 1.25 bits per heavy atom. The Morgan fingerprint density at radius 3 is 2.96 bits per heavy atom.